The Bertz CT molecular complexity index is 695. The van der Waals surface area contributed by atoms with Crippen molar-refractivity contribution in [1.82, 2.24) is 4.90 Å². The maximum absolute atomic E-state index is 12.3. The minimum absolute atomic E-state index is 0.0549. The average Bonchev–Trinajstić information content (AvgIpc) is 2.59. The van der Waals surface area contributed by atoms with E-state index in [2.05, 4.69) is 0 Å². The van der Waals surface area contributed by atoms with E-state index in [9.17, 15) is 25.8 Å². The van der Waals surface area contributed by atoms with Gasteiger partial charge in [0.2, 0.25) is 11.3 Å². The van der Waals surface area contributed by atoms with Crippen LogP contribution < -0.4 is 0 Å². The van der Waals surface area contributed by atoms with Crippen LogP contribution in [0.15, 0.2) is 11.6 Å². The van der Waals surface area contributed by atoms with Gasteiger partial charge < -0.3 is 4.90 Å². The number of nitrogens with zero attached hydrogens (tertiary/aromatic N) is 5. The maximum atomic E-state index is 12.3. The van der Waals surface area contributed by atoms with Gasteiger partial charge in [-0.2, -0.15) is 21.0 Å². The molecule has 2 heterocycles. The Morgan fingerprint density at radius 3 is 2.14 bits per heavy atom. The quantitative estimate of drug-likeness (QED) is 0.619. The van der Waals surface area contributed by atoms with Gasteiger partial charge in [0.1, 0.15) is 0 Å². The summed E-state index contributed by atoms with van der Waals surface area (Å²) in [6, 6.07) is 7.60. The van der Waals surface area contributed by atoms with Crippen LogP contribution in [0.5, 0.6) is 0 Å². The summed E-state index contributed by atoms with van der Waals surface area (Å²) in [7, 11) is 1.50. The standard InChI is InChI=1S/C15H13N5O/c1-10-5-13(2)15(8-18,9-19)14(6-16,7-17)11(10)4-12(21)20(13)3/h5,11H,4H2,1-3H3. The number of allylic oxidation sites excluding steroid dienone is 1. The van der Waals surface area contributed by atoms with E-state index >= 15 is 0 Å². The Hall–Kier alpha value is -2.83. The number of nitriles is 4. The van der Waals surface area contributed by atoms with Crippen LogP contribution in [-0.2, 0) is 4.79 Å². The Kier molecular flexibility index (Phi) is 2.83. The smallest absolute Gasteiger partial charge is 0.223 e. The summed E-state index contributed by atoms with van der Waals surface area (Å²) in [5, 5.41) is 38.7. The van der Waals surface area contributed by atoms with Crippen molar-refractivity contribution in [3.8, 4) is 24.3 Å². The van der Waals surface area contributed by atoms with E-state index in [0.29, 0.717) is 5.57 Å². The van der Waals surface area contributed by atoms with Crippen LogP contribution in [0.4, 0.5) is 0 Å². The number of amides is 1. The first-order chi connectivity index (χ1) is 9.80. The lowest BCUT2D eigenvalue weighted by Gasteiger charge is -2.50. The van der Waals surface area contributed by atoms with Crippen molar-refractivity contribution in [3.63, 3.8) is 0 Å². The molecular weight excluding hydrogens is 266 g/mol. The Morgan fingerprint density at radius 2 is 1.71 bits per heavy atom. The van der Waals surface area contributed by atoms with Crippen LogP contribution in [0.2, 0.25) is 0 Å². The highest BCUT2D eigenvalue weighted by atomic mass is 16.2. The second kappa shape index (κ2) is 4.08. The zero-order valence-electron chi connectivity index (χ0n) is 12.0. The van der Waals surface area contributed by atoms with Crippen molar-refractivity contribution in [3.05, 3.63) is 11.6 Å². The predicted molar refractivity (Wildman–Crippen MR) is 70.4 cm³/mol. The summed E-state index contributed by atoms with van der Waals surface area (Å²) in [5.41, 5.74) is -4.44. The van der Waals surface area contributed by atoms with Gasteiger partial charge in [0, 0.05) is 19.4 Å². The molecule has 6 heteroatoms. The summed E-state index contributed by atoms with van der Waals surface area (Å²) in [5.74, 6) is -1.03. The average molecular weight is 279 g/mol. The van der Waals surface area contributed by atoms with Crippen LogP contribution in [0.3, 0.4) is 0 Å². The number of hydrogen-bond donors (Lipinski definition) is 0. The van der Waals surface area contributed by atoms with Gasteiger partial charge in [-0.05, 0) is 13.8 Å². The molecule has 0 N–H and O–H groups in total. The van der Waals surface area contributed by atoms with Crippen molar-refractivity contribution >= 4 is 5.91 Å². The Labute approximate surface area is 123 Å². The lowest BCUT2D eigenvalue weighted by molar-refractivity contribution is -0.134. The van der Waals surface area contributed by atoms with E-state index in [-0.39, 0.29) is 12.3 Å². The number of carbonyl (C=O) groups is 1. The van der Waals surface area contributed by atoms with E-state index < -0.39 is 22.3 Å². The minimum atomic E-state index is -1.94. The van der Waals surface area contributed by atoms with E-state index in [1.54, 1.807) is 19.9 Å². The molecule has 0 aromatic heterocycles. The van der Waals surface area contributed by atoms with E-state index in [4.69, 9.17) is 0 Å². The highest BCUT2D eigenvalue weighted by Gasteiger charge is 2.73. The van der Waals surface area contributed by atoms with E-state index in [1.165, 1.54) is 11.9 Å². The molecule has 104 valence electrons. The fraction of sp³-hybridized carbons (Fsp3) is 0.533. The maximum Gasteiger partial charge on any atom is 0.223 e. The molecule has 0 aromatic carbocycles. The third-order valence-electron chi connectivity index (χ3n) is 5.07. The molecule has 2 unspecified atom stereocenters. The molecule has 1 aliphatic carbocycles. The number of rotatable bonds is 0. The molecule has 2 bridgehead atoms. The van der Waals surface area contributed by atoms with Crippen molar-refractivity contribution < 1.29 is 4.79 Å². The largest absolute Gasteiger partial charge is 0.334 e. The first-order valence-electron chi connectivity index (χ1n) is 6.41. The van der Waals surface area contributed by atoms with Gasteiger partial charge in [-0.15, -0.1) is 0 Å². The molecule has 0 aromatic rings. The second-order valence-electron chi connectivity index (χ2n) is 5.75. The number of carbonyl (C=O) groups excluding carboxylic acids is 1. The van der Waals surface area contributed by atoms with Crippen LogP contribution in [0.1, 0.15) is 20.3 Å². The molecule has 21 heavy (non-hydrogen) atoms. The van der Waals surface area contributed by atoms with Crippen LogP contribution in [0, 0.1) is 62.1 Å². The molecule has 6 nitrogen and oxygen atoms in total. The van der Waals surface area contributed by atoms with Gasteiger partial charge in [-0.3, -0.25) is 4.79 Å². The molecule has 3 aliphatic rings. The molecule has 3 rings (SSSR count). The van der Waals surface area contributed by atoms with Crippen LogP contribution >= 0.6 is 0 Å². The molecule has 2 atom stereocenters. The SMILES string of the molecule is CC1=CC2(C)N(C)C(=O)CC1C(C#N)(C#N)C2(C#N)C#N. The van der Waals surface area contributed by atoms with Gasteiger partial charge in [0.15, 0.2) is 5.41 Å². The highest BCUT2D eigenvalue weighted by Crippen LogP contribution is 2.61. The summed E-state index contributed by atoms with van der Waals surface area (Å²) in [6.45, 7) is 3.29. The highest BCUT2D eigenvalue weighted by molar-refractivity contribution is 5.81. The van der Waals surface area contributed by atoms with Gasteiger partial charge in [-0.1, -0.05) is 11.6 Å². The van der Waals surface area contributed by atoms with Gasteiger partial charge in [0.25, 0.3) is 0 Å². The number of fused-ring (bicyclic) bond motifs is 3. The lowest BCUT2D eigenvalue weighted by atomic mass is 9.48. The van der Waals surface area contributed by atoms with Gasteiger partial charge in [0.05, 0.1) is 29.8 Å². The first-order valence-corrected chi connectivity index (χ1v) is 6.41. The Balaban J connectivity index is 3.03. The molecular formula is C15H13N5O. The second-order valence-corrected chi connectivity index (χ2v) is 5.75. The molecule has 2 aliphatic heterocycles. The molecule has 0 saturated carbocycles. The van der Waals surface area contributed by atoms with Crippen molar-refractivity contribution in [2.75, 3.05) is 7.05 Å². The Morgan fingerprint density at radius 1 is 1.19 bits per heavy atom. The summed E-state index contributed by atoms with van der Waals surface area (Å²) >= 11 is 0. The number of hydrogen-bond acceptors (Lipinski definition) is 5. The first kappa shape index (κ1) is 14.6. The predicted octanol–water partition coefficient (Wildman–Crippen LogP) is 1.25. The lowest BCUT2D eigenvalue weighted by Crippen LogP contribution is -2.63. The number of likely N-dealkylation sites (N-methyl/N-ethyl adjacent to an activating group) is 1. The minimum Gasteiger partial charge on any atom is -0.334 e. The van der Waals surface area contributed by atoms with Crippen LogP contribution in [-0.4, -0.2) is 23.4 Å². The third-order valence-corrected chi connectivity index (χ3v) is 5.07. The van der Waals surface area contributed by atoms with Crippen molar-refractivity contribution in [1.29, 1.82) is 21.0 Å². The third kappa shape index (κ3) is 1.25. The molecule has 1 fully saturated rings. The molecule has 1 amide bonds. The zero-order valence-corrected chi connectivity index (χ0v) is 12.0. The van der Waals surface area contributed by atoms with Crippen molar-refractivity contribution in [2.24, 2.45) is 16.7 Å². The fourth-order valence-corrected chi connectivity index (χ4v) is 3.66. The molecule has 0 radical (unpaired) electrons. The molecule has 1 saturated heterocycles. The van der Waals surface area contributed by atoms with Gasteiger partial charge in [-0.25, -0.2) is 0 Å². The monoisotopic (exact) mass is 279 g/mol. The van der Waals surface area contributed by atoms with E-state index in [0.717, 1.165) is 0 Å². The van der Waals surface area contributed by atoms with Crippen molar-refractivity contribution in [2.45, 2.75) is 25.8 Å². The topological polar surface area (TPSA) is 115 Å². The van der Waals surface area contributed by atoms with Crippen LogP contribution in [0.25, 0.3) is 0 Å². The van der Waals surface area contributed by atoms with Gasteiger partial charge >= 0.3 is 0 Å². The zero-order chi connectivity index (χ0) is 16.1. The fourth-order valence-electron chi connectivity index (χ4n) is 3.66. The normalized spacial score (nSPS) is 32.0. The summed E-state index contributed by atoms with van der Waals surface area (Å²) in [6.07, 6.45) is 1.63. The van der Waals surface area contributed by atoms with E-state index in [1.807, 2.05) is 24.3 Å². The molecule has 0 spiro atoms. The summed E-state index contributed by atoms with van der Waals surface area (Å²) in [4.78, 5) is 13.6. The summed E-state index contributed by atoms with van der Waals surface area (Å²) < 4.78 is 0.